The Hall–Kier alpha value is -1.35. The minimum atomic E-state index is -0.132. The molecule has 2 fully saturated rings. The first kappa shape index (κ1) is 12.4. The topological polar surface area (TPSA) is 40.5 Å². The van der Waals surface area contributed by atoms with Gasteiger partial charge in [-0.25, -0.2) is 0 Å². The molecule has 1 N–H and O–H groups in total. The molecule has 0 saturated heterocycles. The van der Waals surface area contributed by atoms with E-state index in [1.165, 1.54) is 18.4 Å². The maximum absolute atomic E-state index is 12.7. The predicted octanol–water partition coefficient (Wildman–Crippen LogP) is 2.15. The third kappa shape index (κ3) is 1.96. The van der Waals surface area contributed by atoms with E-state index in [0.29, 0.717) is 5.92 Å². The van der Waals surface area contributed by atoms with Crippen LogP contribution in [0.1, 0.15) is 36.4 Å². The summed E-state index contributed by atoms with van der Waals surface area (Å²) in [4.78, 5) is 14.6. The summed E-state index contributed by atoms with van der Waals surface area (Å²) >= 11 is 0. The number of carbonyl (C=O) groups excluding carboxylic acids is 1. The van der Waals surface area contributed by atoms with Crippen LogP contribution in [0.2, 0.25) is 0 Å². The molecule has 0 unspecified atom stereocenters. The molecule has 2 aliphatic carbocycles. The van der Waals surface area contributed by atoms with Crippen molar-refractivity contribution in [2.24, 2.45) is 17.8 Å². The highest BCUT2D eigenvalue weighted by Crippen LogP contribution is 2.55. The number of aliphatic hydroxyl groups excluding tert-OH is 1. The van der Waals surface area contributed by atoms with Crippen LogP contribution in [-0.2, 0) is 11.2 Å². The molecule has 1 aromatic carbocycles. The summed E-state index contributed by atoms with van der Waals surface area (Å²) in [5.74, 6) is 2.02. The molecule has 106 valence electrons. The van der Waals surface area contributed by atoms with Crippen molar-refractivity contribution in [1.29, 1.82) is 0 Å². The van der Waals surface area contributed by atoms with Gasteiger partial charge in [0, 0.05) is 12.5 Å². The fraction of sp³-hybridized carbons (Fsp3) is 0.588. The van der Waals surface area contributed by atoms with Crippen molar-refractivity contribution in [3.05, 3.63) is 35.4 Å². The van der Waals surface area contributed by atoms with Gasteiger partial charge in [-0.05, 0) is 48.6 Å². The molecule has 0 aromatic heterocycles. The summed E-state index contributed by atoms with van der Waals surface area (Å²) in [5.41, 5.74) is 2.42. The lowest BCUT2D eigenvalue weighted by Gasteiger charge is -2.36. The quantitative estimate of drug-likeness (QED) is 0.915. The Morgan fingerprint density at radius 2 is 2.10 bits per heavy atom. The Labute approximate surface area is 119 Å². The molecule has 3 atom stereocenters. The van der Waals surface area contributed by atoms with E-state index in [0.717, 1.165) is 30.9 Å². The summed E-state index contributed by atoms with van der Waals surface area (Å²) < 4.78 is 0. The number of hydrogen-bond donors (Lipinski definition) is 1. The Kier molecular flexibility index (Phi) is 2.84. The highest BCUT2D eigenvalue weighted by molar-refractivity contribution is 5.82. The molecule has 3 nitrogen and oxygen atoms in total. The van der Waals surface area contributed by atoms with Gasteiger partial charge in [0.2, 0.25) is 5.91 Å². The average molecular weight is 271 g/mol. The molecule has 0 radical (unpaired) electrons. The fourth-order valence-corrected chi connectivity index (χ4v) is 3.87. The number of aliphatic hydroxyl groups is 1. The maximum atomic E-state index is 12.7. The first-order valence-electron chi connectivity index (χ1n) is 7.78. The molecule has 3 heteroatoms. The number of carbonyl (C=O) groups is 1. The van der Waals surface area contributed by atoms with Crippen LogP contribution in [0.5, 0.6) is 0 Å². The van der Waals surface area contributed by atoms with Crippen LogP contribution in [0, 0.1) is 17.8 Å². The Bertz CT molecular complexity index is 538. The summed E-state index contributed by atoms with van der Waals surface area (Å²) in [7, 11) is 0. The van der Waals surface area contributed by atoms with Gasteiger partial charge in [-0.3, -0.25) is 4.79 Å². The summed E-state index contributed by atoms with van der Waals surface area (Å²) in [6.07, 6.45) is 4.64. The molecular formula is C17H21NO2. The van der Waals surface area contributed by atoms with Gasteiger partial charge in [0.1, 0.15) is 0 Å². The van der Waals surface area contributed by atoms with E-state index >= 15 is 0 Å². The van der Waals surface area contributed by atoms with Crippen LogP contribution in [0.3, 0.4) is 0 Å². The third-order valence-corrected chi connectivity index (χ3v) is 5.25. The zero-order valence-corrected chi connectivity index (χ0v) is 11.7. The van der Waals surface area contributed by atoms with Crippen LogP contribution in [0.4, 0.5) is 0 Å². The van der Waals surface area contributed by atoms with E-state index in [-0.39, 0.29) is 24.5 Å². The molecule has 2 saturated carbocycles. The van der Waals surface area contributed by atoms with Crippen molar-refractivity contribution in [2.75, 3.05) is 13.2 Å². The lowest BCUT2D eigenvalue weighted by molar-refractivity contribution is -0.137. The Morgan fingerprint density at radius 3 is 2.85 bits per heavy atom. The summed E-state index contributed by atoms with van der Waals surface area (Å²) in [6.45, 7) is 0.790. The average Bonchev–Trinajstić information content (AvgIpc) is 3.37. The number of nitrogens with zero attached hydrogens (tertiary/aromatic N) is 1. The lowest BCUT2D eigenvalue weighted by Crippen LogP contribution is -2.42. The van der Waals surface area contributed by atoms with Crippen molar-refractivity contribution in [2.45, 2.75) is 31.7 Å². The number of amides is 1. The van der Waals surface area contributed by atoms with Gasteiger partial charge >= 0.3 is 0 Å². The van der Waals surface area contributed by atoms with Gasteiger partial charge in [0.15, 0.2) is 0 Å². The number of fused-ring (bicyclic) bond motifs is 1. The van der Waals surface area contributed by atoms with Gasteiger partial charge in [0.25, 0.3) is 0 Å². The van der Waals surface area contributed by atoms with Crippen LogP contribution < -0.4 is 0 Å². The van der Waals surface area contributed by atoms with Crippen molar-refractivity contribution in [1.82, 2.24) is 4.90 Å². The molecule has 0 bridgehead atoms. The van der Waals surface area contributed by atoms with Gasteiger partial charge in [-0.1, -0.05) is 24.3 Å². The second-order valence-electron chi connectivity index (χ2n) is 6.52. The first-order chi connectivity index (χ1) is 9.79. The molecule has 1 aliphatic heterocycles. The first-order valence-corrected chi connectivity index (χ1v) is 7.78. The molecule has 4 rings (SSSR count). The highest BCUT2D eigenvalue weighted by atomic mass is 16.3. The molecule has 1 heterocycles. The standard InChI is InChI=1S/C17H21NO2/c19-10-16-13-4-2-1-3-11(13)7-8-18(16)17(20)15-9-14(15)12-5-6-12/h1-4,12,14-16,19H,5-10H2/t14-,15+,16-/m0/s1. The zero-order valence-electron chi connectivity index (χ0n) is 11.7. The molecular weight excluding hydrogens is 250 g/mol. The van der Waals surface area contributed by atoms with E-state index in [9.17, 15) is 9.90 Å². The molecule has 0 spiro atoms. The minimum Gasteiger partial charge on any atom is -0.394 e. The normalized spacial score (nSPS) is 31.9. The van der Waals surface area contributed by atoms with Crippen LogP contribution in [0.25, 0.3) is 0 Å². The monoisotopic (exact) mass is 271 g/mol. The minimum absolute atomic E-state index is 0.0313. The third-order valence-electron chi connectivity index (χ3n) is 5.25. The van der Waals surface area contributed by atoms with E-state index in [4.69, 9.17) is 0 Å². The fourth-order valence-electron chi connectivity index (χ4n) is 3.87. The SMILES string of the molecule is O=C([C@@H]1C[C@H]1C1CC1)N1CCc2ccccc2[C@@H]1CO. The van der Waals surface area contributed by atoms with Gasteiger partial charge in [0.05, 0.1) is 12.6 Å². The lowest BCUT2D eigenvalue weighted by atomic mass is 9.92. The van der Waals surface area contributed by atoms with E-state index in [2.05, 4.69) is 12.1 Å². The largest absolute Gasteiger partial charge is 0.394 e. The Balaban J connectivity index is 1.55. The molecule has 1 aromatic rings. The zero-order chi connectivity index (χ0) is 13.7. The van der Waals surface area contributed by atoms with E-state index < -0.39 is 0 Å². The number of rotatable bonds is 3. The van der Waals surface area contributed by atoms with E-state index in [1.807, 2.05) is 17.0 Å². The second-order valence-corrected chi connectivity index (χ2v) is 6.52. The predicted molar refractivity (Wildman–Crippen MR) is 76.0 cm³/mol. The van der Waals surface area contributed by atoms with E-state index in [1.54, 1.807) is 0 Å². The maximum Gasteiger partial charge on any atom is 0.226 e. The van der Waals surface area contributed by atoms with Crippen molar-refractivity contribution in [3.63, 3.8) is 0 Å². The smallest absolute Gasteiger partial charge is 0.226 e. The van der Waals surface area contributed by atoms with Crippen molar-refractivity contribution >= 4 is 5.91 Å². The van der Waals surface area contributed by atoms with Crippen LogP contribution >= 0.6 is 0 Å². The van der Waals surface area contributed by atoms with Gasteiger partial charge in [-0.15, -0.1) is 0 Å². The van der Waals surface area contributed by atoms with Crippen LogP contribution in [-0.4, -0.2) is 29.1 Å². The molecule has 3 aliphatic rings. The van der Waals surface area contributed by atoms with Gasteiger partial charge < -0.3 is 10.0 Å². The summed E-state index contributed by atoms with van der Waals surface area (Å²) in [5, 5.41) is 9.75. The van der Waals surface area contributed by atoms with Crippen LogP contribution in [0.15, 0.2) is 24.3 Å². The highest BCUT2D eigenvalue weighted by Gasteiger charge is 2.53. The van der Waals surface area contributed by atoms with Crippen molar-refractivity contribution in [3.8, 4) is 0 Å². The Morgan fingerprint density at radius 1 is 1.30 bits per heavy atom. The second kappa shape index (κ2) is 4.59. The van der Waals surface area contributed by atoms with Crippen molar-refractivity contribution < 1.29 is 9.90 Å². The summed E-state index contributed by atoms with van der Waals surface area (Å²) in [6, 6.07) is 8.08. The van der Waals surface area contributed by atoms with Gasteiger partial charge in [-0.2, -0.15) is 0 Å². The molecule has 20 heavy (non-hydrogen) atoms. The number of benzene rings is 1. The number of hydrogen-bond acceptors (Lipinski definition) is 2. The molecule has 1 amide bonds.